The molecular formula is C23H25N4O3S-. The Morgan fingerprint density at radius 3 is 2.42 bits per heavy atom. The molecule has 1 aliphatic heterocycles. The number of benzene rings is 2. The van der Waals surface area contributed by atoms with E-state index >= 15 is 0 Å². The van der Waals surface area contributed by atoms with Crippen LogP contribution >= 0.6 is 0 Å². The molecule has 0 radical (unpaired) electrons. The number of hydrogen-bond donors (Lipinski definition) is 0. The van der Waals surface area contributed by atoms with E-state index in [4.69, 9.17) is 0 Å². The maximum atomic E-state index is 13.2. The molecule has 1 amide bonds. The molecule has 0 N–H and O–H groups in total. The third kappa shape index (κ3) is 4.26. The zero-order valence-electron chi connectivity index (χ0n) is 17.6. The molecule has 7 nitrogen and oxygen atoms in total. The molecule has 1 saturated heterocycles. The first-order valence-corrected chi connectivity index (χ1v) is 11.3. The third-order valence-corrected chi connectivity index (χ3v) is 6.58. The highest BCUT2D eigenvalue weighted by molar-refractivity contribution is 7.79. The topological polar surface area (TPSA) is 79.8 Å². The largest absolute Gasteiger partial charge is 0.767 e. The zero-order valence-corrected chi connectivity index (χ0v) is 18.4. The van der Waals surface area contributed by atoms with E-state index < -0.39 is 11.1 Å². The lowest BCUT2D eigenvalue weighted by Crippen LogP contribution is -2.53. The summed E-state index contributed by atoms with van der Waals surface area (Å²) in [6.45, 7) is 4.82. The Morgan fingerprint density at radius 1 is 1.03 bits per heavy atom. The van der Waals surface area contributed by atoms with Crippen molar-refractivity contribution in [2.24, 2.45) is 0 Å². The van der Waals surface area contributed by atoms with Gasteiger partial charge < -0.3 is 19.3 Å². The molecule has 0 spiro atoms. The van der Waals surface area contributed by atoms with Crippen LogP contribution in [0.3, 0.4) is 0 Å². The number of para-hydroxylation sites is 1. The fourth-order valence-electron chi connectivity index (χ4n) is 4.07. The van der Waals surface area contributed by atoms with Gasteiger partial charge >= 0.3 is 0 Å². The van der Waals surface area contributed by atoms with Crippen LogP contribution in [-0.4, -0.2) is 63.8 Å². The summed E-state index contributed by atoms with van der Waals surface area (Å²) in [5.41, 5.74) is 1.98. The smallest absolute Gasteiger partial charge is 0.245 e. The second kappa shape index (κ2) is 9.03. The van der Waals surface area contributed by atoms with Gasteiger partial charge in [-0.05, 0) is 42.3 Å². The van der Waals surface area contributed by atoms with Crippen molar-refractivity contribution >= 4 is 39.1 Å². The van der Waals surface area contributed by atoms with E-state index in [1.54, 1.807) is 18.2 Å². The number of aromatic nitrogens is 1. The number of nitrogens with zero attached hydrogens (tertiary/aromatic N) is 4. The van der Waals surface area contributed by atoms with E-state index in [0.29, 0.717) is 18.5 Å². The number of rotatable bonds is 5. The molecule has 2 aromatic carbocycles. The first-order valence-electron chi connectivity index (χ1n) is 10.3. The minimum absolute atomic E-state index is 0.0174. The van der Waals surface area contributed by atoms with E-state index in [-0.39, 0.29) is 17.0 Å². The quantitative estimate of drug-likeness (QED) is 0.571. The Kier molecular flexibility index (Phi) is 6.20. The number of carbonyl (C=O) groups excluding carboxylic acids is 1. The monoisotopic (exact) mass is 437 g/mol. The number of piperazine rings is 1. The van der Waals surface area contributed by atoms with Crippen LogP contribution in [-0.2, 0) is 15.9 Å². The van der Waals surface area contributed by atoms with Crippen molar-refractivity contribution in [2.45, 2.75) is 18.0 Å². The zero-order chi connectivity index (χ0) is 22.0. The second-order valence-electron chi connectivity index (χ2n) is 7.66. The molecule has 3 aromatic rings. The summed E-state index contributed by atoms with van der Waals surface area (Å²) >= 11 is -2.43. The van der Waals surface area contributed by atoms with Crippen LogP contribution < -0.4 is 9.80 Å². The number of amides is 1. The van der Waals surface area contributed by atoms with Gasteiger partial charge in [0, 0.05) is 61.6 Å². The molecule has 4 rings (SSSR count). The van der Waals surface area contributed by atoms with Crippen LogP contribution in [0.1, 0.15) is 6.92 Å². The van der Waals surface area contributed by atoms with E-state index in [2.05, 4.69) is 22.0 Å². The normalized spacial score (nSPS) is 16.2. The van der Waals surface area contributed by atoms with Gasteiger partial charge in [0.05, 0.1) is 0 Å². The Balaban J connectivity index is 1.50. The molecule has 162 valence electrons. The molecule has 0 saturated carbocycles. The Morgan fingerprint density at radius 2 is 1.74 bits per heavy atom. The summed E-state index contributed by atoms with van der Waals surface area (Å²) in [6, 6.07) is 17.1. The number of likely N-dealkylation sites (N-methyl/N-ethyl adjacent to an activating group) is 1. The molecule has 1 fully saturated rings. The summed E-state index contributed by atoms with van der Waals surface area (Å²) in [4.78, 5) is 23.3. The lowest BCUT2D eigenvalue weighted by atomic mass is 10.1. The summed E-state index contributed by atoms with van der Waals surface area (Å²) in [6.07, 6.45) is 1.49. The minimum Gasteiger partial charge on any atom is -0.767 e. The first kappa shape index (κ1) is 21.3. The average Bonchev–Trinajstić information content (AvgIpc) is 2.82. The molecule has 2 unspecified atom stereocenters. The van der Waals surface area contributed by atoms with Crippen molar-refractivity contribution in [3.8, 4) is 0 Å². The van der Waals surface area contributed by atoms with Gasteiger partial charge in [-0.25, -0.2) is 4.98 Å². The molecular weight excluding hydrogens is 412 g/mol. The molecule has 2 atom stereocenters. The fourth-order valence-corrected chi connectivity index (χ4v) is 4.57. The van der Waals surface area contributed by atoms with E-state index in [1.807, 2.05) is 48.0 Å². The highest BCUT2D eigenvalue weighted by Crippen LogP contribution is 2.30. The average molecular weight is 438 g/mol. The van der Waals surface area contributed by atoms with Gasteiger partial charge in [-0.3, -0.25) is 9.00 Å². The van der Waals surface area contributed by atoms with Crippen molar-refractivity contribution in [2.75, 3.05) is 43.0 Å². The summed E-state index contributed by atoms with van der Waals surface area (Å²) in [5.74, 6) is 0.0638. The van der Waals surface area contributed by atoms with Crippen molar-refractivity contribution in [1.82, 2.24) is 9.88 Å². The fraction of sp³-hybridized carbons (Fsp3) is 0.304. The van der Waals surface area contributed by atoms with Crippen LogP contribution in [0.25, 0.3) is 10.8 Å². The van der Waals surface area contributed by atoms with Gasteiger partial charge in [0.2, 0.25) is 5.91 Å². The SMILES string of the molecule is CC(C(=O)N1CCN(c2ccccc2)CC1)N(C)c1cccc2c(S(=O)[O-])nccc12. The molecule has 0 aliphatic carbocycles. The molecule has 8 heteroatoms. The number of pyridine rings is 1. The van der Waals surface area contributed by atoms with Crippen LogP contribution in [0.4, 0.5) is 11.4 Å². The van der Waals surface area contributed by atoms with Gasteiger partial charge in [-0.2, -0.15) is 0 Å². The Bertz CT molecular complexity index is 1100. The van der Waals surface area contributed by atoms with Crippen LogP contribution in [0.15, 0.2) is 65.8 Å². The number of fused-ring (bicyclic) bond motifs is 1. The van der Waals surface area contributed by atoms with E-state index in [1.165, 1.54) is 11.9 Å². The molecule has 0 bridgehead atoms. The Labute approximate surface area is 184 Å². The van der Waals surface area contributed by atoms with Gasteiger partial charge in [-0.1, -0.05) is 30.3 Å². The summed E-state index contributed by atoms with van der Waals surface area (Å²) in [7, 11) is 1.87. The predicted molar refractivity (Wildman–Crippen MR) is 122 cm³/mol. The predicted octanol–water partition coefficient (Wildman–Crippen LogP) is 2.65. The van der Waals surface area contributed by atoms with Gasteiger partial charge in [0.1, 0.15) is 11.1 Å². The Hall–Kier alpha value is -2.97. The summed E-state index contributed by atoms with van der Waals surface area (Å²) in [5, 5.41) is 1.33. The van der Waals surface area contributed by atoms with E-state index in [9.17, 15) is 13.6 Å². The standard InChI is InChI=1S/C23H26N4O3S/c1-17(23(28)27-15-13-26(14-16-27)18-7-4-3-5-8-18)25(2)21-10-6-9-20-19(21)11-12-24-22(20)31(29)30/h3-12,17H,13-16H2,1-2H3,(H,29,30)/p-1. The van der Waals surface area contributed by atoms with Crippen molar-refractivity contribution in [3.63, 3.8) is 0 Å². The van der Waals surface area contributed by atoms with Crippen molar-refractivity contribution in [1.29, 1.82) is 0 Å². The van der Waals surface area contributed by atoms with Gasteiger partial charge in [0.15, 0.2) is 0 Å². The molecule has 31 heavy (non-hydrogen) atoms. The highest BCUT2D eigenvalue weighted by atomic mass is 32.2. The lowest BCUT2D eigenvalue weighted by Gasteiger charge is -2.39. The first-order chi connectivity index (χ1) is 15.0. The maximum Gasteiger partial charge on any atom is 0.245 e. The number of anilines is 2. The lowest BCUT2D eigenvalue weighted by molar-refractivity contribution is -0.132. The van der Waals surface area contributed by atoms with Crippen molar-refractivity contribution < 1.29 is 13.6 Å². The van der Waals surface area contributed by atoms with Gasteiger partial charge in [-0.15, -0.1) is 0 Å². The second-order valence-corrected chi connectivity index (χ2v) is 8.51. The third-order valence-electron chi connectivity index (χ3n) is 5.94. The number of carbonyl (C=O) groups is 1. The molecule has 1 aliphatic rings. The number of hydrogen-bond acceptors (Lipinski definition) is 6. The summed E-state index contributed by atoms with van der Waals surface area (Å²) < 4.78 is 23.1. The van der Waals surface area contributed by atoms with E-state index in [0.717, 1.165) is 24.2 Å². The van der Waals surface area contributed by atoms with Crippen molar-refractivity contribution in [3.05, 3.63) is 60.8 Å². The van der Waals surface area contributed by atoms with Crippen LogP contribution in [0.2, 0.25) is 0 Å². The van der Waals surface area contributed by atoms with Gasteiger partial charge in [0.25, 0.3) is 0 Å². The minimum atomic E-state index is -2.43. The van der Waals surface area contributed by atoms with Crippen LogP contribution in [0.5, 0.6) is 0 Å². The van der Waals surface area contributed by atoms with Crippen LogP contribution in [0, 0.1) is 0 Å². The highest BCUT2D eigenvalue weighted by Gasteiger charge is 2.28. The maximum absolute atomic E-state index is 13.2. The molecule has 1 aromatic heterocycles. The molecule has 2 heterocycles.